The average molecular weight is 339 g/mol. The molecule has 4 heteroatoms. The van der Waals surface area contributed by atoms with Crippen LogP contribution in [0.15, 0.2) is 36.4 Å². The first-order chi connectivity index (χ1) is 12.2. The lowest BCUT2D eigenvalue weighted by atomic mass is 10.1. The number of rotatable bonds is 6. The van der Waals surface area contributed by atoms with Crippen molar-refractivity contribution in [1.82, 2.24) is 4.90 Å². The van der Waals surface area contributed by atoms with Gasteiger partial charge in [0, 0.05) is 49.4 Å². The predicted molar refractivity (Wildman–Crippen MR) is 106 cm³/mol. The van der Waals surface area contributed by atoms with Crippen LogP contribution in [0, 0.1) is 0 Å². The Hall–Kier alpha value is -2.07. The van der Waals surface area contributed by atoms with Gasteiger partial charge in [-0.2, -0.15) is 0 Å². The molecule has 0 atom stereocenters. The van der Waals surface area contributed by atoms with E-state index in [1.165, 1.54) is 16.5 Å². The number of piperazine rings is 1. The van der Waals surface area contributed by atoms with Crippen LogP contribution in [0.25, 0.3) is 10.8 Å². The first-order valence-corrected chi connectivity index (χ1v) is 9.43. The normalized spacial score (nSPS) is 15.5. The summed E-state index contributed by atoms with van der Waals surface area (Å²) in [6.45, 7) is 6.42. The number of hydrogen-bond acceptors (Lipinski definition) is 3. The van der Waals surface area contributed by atoms with Crippen LogP contribution in [0.4, 0.5) is 11.4 Å². The van der Waals surface area contributed by atoms with Crippen LogP contribution in [-0.4, -0.2) is 44.0 Å². The van der Waals surface area contributed by atoms with E-state index in [4.69, 9.17) is 0 Å². The van der Waals surface area contributed by atoms with Crippen molar-refractivity contribution >= 4 is 28.1 Å². The van der Waals surface area contributed by atoms with E-state index in [1.54, 1.807) is 0 Å². The standard InChI is InChI=1S/C21H29N3O/c1-3-4-5-9-21(25)22-18-11-10-17-7-6-8-20(19(17)16-18)24-14-12-23(2)13-15-24/h6-8,10-11,16H,3-5,9,12-15H2,1-2H3,(H,22,25). The fourth-order valence-electron chi connectivity index (χ4n) is 3.42. The van der Waals surface area contributed by atoms with E-state index in [0.717, 1.165) is 51.1 Å². The van der Waals surface area contributed by atoms with E-state index in [2.05, 4.69) is 59.4 Å². The zero-order valence-electron chi connectivity index (χ0n) is 15.4. The smallest absolute Gasteiger partial charge is 0.224 e. The summed E-state index contributed by atoms with van der Waals surface area (Å²) in [5.74, 6) is 0.116. The molecule has 1 amide bonds. The van der Waals surface area contributed by atoms with Gasteiger partial charge >= 0.3 is 0 Å². The molecule has 1 saturated heterocycles. The van der Waals surface area contributed by atoms with Gasteiger partial charge in [0.25, 0.3) is 0 Å². The molecule has 3 rings (SSSR count). The maximum absolute atomic E-state index is 12.1. The van der Waals surface area contributed by atoms with Crippen molar-refractivity contribution in [3.05, 3.63) is 36.4 Å². The molecular weight excluding hydrogens is 310 g/mol. The fraction of sp³-hybridized carbons (Fsp3) is 0.476. The molecule has 1 heterocycles. The fourth-order valence-corrected chi connectivity index (χ4v) is 3.42. The van der Waals surface area contributed by atoms with Crippen molar-refractivity contribution in [2.24, 2.45) is 0 Å². The van der Waals surface area contributed by atoms with Crippen LogP contribution in [-0.2, 0) is 4.79 Å². The Kier molecular flexibility index (Phi) is 5.92. The highest BCUT2D eigenvalue weighted by atomic mass is 16.1. The van der Waals surface area contributed by atoms with E-state index in [1.807, 2.05) is 6.07 Å². The largest absolute Gasteiger partial charge is 0.368 e. The van der Waals surface area contributed by atoms with Crippen molar-refractivity contribution in [3.8, 4) is 0 Å². The van der Waals surface area contributed by atoms with Crippen molar-refractivity contribution in [2.75, 3.05) is 43.4 Å². The van der Waals surface area contributed by atoms with Crippen LogP contribution < -0.4 is 10.2 Å². The molecule has 2 aromatic rings. The number of benzene rings is 2. The lowest BCUT2D eigenvalue weighted by molar-refractivity contribution is -0.116. The molecule has 0 radical (unpaired) electrons. The Morgan fingerprint density at radius 3 is 2.64 bits per heavy atom. The van der Waals surface area contributed by atoms with Gasteiger partial charge in [0.1, 0.15) is 0 Å². The average Bonchev–Trinajstić information content (AvgIpc) is 2.62. The van der Waals surface area contributed by atoms with Gasteiger partial charge in [-0.1, -0.05) is 38.0 Å². The molecule has 1 aliphatic rings. The molecule has 2 aromatic carbocycles. The molecule has 1 aliphatic heterocycles. The second kappa shape index (κ2) is 8.34. The van der Waals surface area contributed by atoms with Gasteiger partial charge in [-0.25, -0.2) is 0 Å². The number of unbranched alkanes of at least 4 members (excludes halogenated alkanes) is 2. The lowest BCUT2D eigenvalue weighted by Gasteiger charge is -2.34. The Labute approximate surface area is 150 Å². The van der Waals surface area contributed by atoms with E-state index in [0.29, 0.717) is 6.42 Å². The summed E-state index contributed by atoms with van der Waals surface area (Å²) in [5.41, 5.74) is 2.17. The van der Waals surface area contributed by atoms with Gasteiger partial charge in [-0.3, -0.25) is 4.79 Å². The highest BCUT2D eigenvalue weighted by Gasteiger charge is 2.16. The molecule has 25 heavy (non-hydrogen) atoms. The molecule has 134 valence electrons. The number of carbonyl (C=O) groups excluding carboxylic acids is 1. The Morgan fingerprint density at radius 2 is 1.88 bits per heavy atom. The van der Waals surface area contributed by atoms with Crippen molar-refractivity contribution in [1.29, 1.82) is 0 Å². The molecule has 1 N–H and O–H groups in total. The topological polar surface area (TPSA) is 35.6 Å². The Bertz CT molecular complexity index is 720. The number of amides is 1. The summed E-state index contributed by atoms with van der Waals surface area (Å²) in [5, 5.41) is 5.51. The summed E-state index contributed by atoms with van der Waals surface area (Å²) < 4.78 is 0. The zero-order chi connectivity index (χ0) is 17.6. The zero-order valence-corrected chi connectivity index (χ0v) is 15.4. The molecule has 1 fully saturated rings. The Morgan fingerprint density at radius 1 is 1.08 bits per heavy atom. The monoisotopic (exact) mass is 339 g/mol. The molecule has 0 saturated carbocycles. The number of anilines is 2. The van der Waals surface area contributed by atoms with Crippen molar-refractivity contribution in [3.63, 3.8) is 0 Å². The summed E-state index contributed by atoms with van der Waals surface area (Å²) in [7, 11) is 2.17. The van der Waals surface area contributed by atoms with Gasteiger partial charge in [0.15, 0.2) is 0 Å². The van der Waals surface area contributed by atoms with Gasteiger partial charge in [0.2, 0.25) is 5.91 Å². The number of carbonyl (C=O) groups is 1. The third-order valence-corrected chi connectivity index (χ3v) is 4.99. The van der Waals surface area contributed by atoms with Crippen molar-refractivity contribution < 1.29 is 4.79 Å². The van der Waals surface area contributed by atoms with Crippen LogP contribution in [0.5, 0.6) is 0 Å². The molecule has 0 aromatic heterocycles. The highest BCUT2D eigenvalue weighted by molar-refractivity contribution is 5.99. The number of hydrogen-bond donors (Lipinski definition) is 1. The van der Waals surface area contributed by atoms with Gasteiger partial charge in [-0.05, 0) is 37.1 Å². The summed E-state index contributed by atoms with van der Waals surface area (Å²) in [6.07, 6.45) is 3.81. The second-order valence-electron chi connectivity index (χ2n) is 7.01. The van der Waals surface area contributed by atoms with Gasteiger partial charge < -0.3 is 15.1 Å². The predicted octanol–water partition coefficient (Wildman–Crippen LogP) is 4.11. The van der Waals surface area contributed by atoms with Gasteiger partial charge in [-0.15, -0.1) is 0 Å². The van der Waals surface area contributed by atoms with Crippen LogP contribution in [0.3, 0.4) is 0 Å². The van der Waals surface area contributed by atoms with Crippen LogP contribution in [0.1, 0.15) is 32.6 Å². The first-order valence-electron chi connectivity index (χ1n) is 9.43. The first kappa shape index (κ1) is 17.7. The summed E-state index contributed by atoms with van der Waals surface area (Å²) >= 11 is 0. The third kappa shape index (κ3) is 4.51. The van der Waals surface area contributed by atoms with Crippen LogP contribution >= 0.6 is 0 Å². The molecule has 0 aliphatic carbocycles. The second-order valence-corrected chi connectivity index (χ2v) is 7.01. The van der Waals surface area contributed by atoms with E-state index < -0.39 is 0 Å². The highest BCUT2D eigenvalue weighted by Crippen LogP contribution is 2.30. The molecule has 0 spiro atoms. The molecule has 0 unspecified atom stereocenters. The minimum Gasteiger partial charge on any atom is -0.368 e. The van der Waals surface area contributed by atoms with Crippen LogP contribution in [0.2, 0.25) is 0 Å². The molecular formula is C21H29N3O. The molecule has 4 nitrogen and oxygen atoms in total. The minimum absolute atomic E-state index is 0.116. The maximum Gasteiger partial charge on any atom is 0.224 e. The number of fused-ring (bicyclic) bond motifs is 1. The SMILES string of the molecule is CCCCCC(=O)Nc1ccc2cccc(N3CCN(C)CC3)c2c1. The Balaban J connectivity index is 1.78. The van der Waals surface area contributed by atoms with Crippen molar-refractivity contribution in [2.45, 2.75) is 32.6 Å². The van der Waals surface area contributed by atoms with E-state index in [-0.39, 0.29) is 5.91 Å². The number of nitrogens with zero attached hydrogens (tertiary/aromatic N) is 2. The van der Waals surface area contributed by atoms with E-state index >= 15 is 0 Å². The van der Waals surface area contributed by atoms with E-state index in [9.17, 15) is 4.79 Å². The minimum atomic E-state index is 0.116. The van der Waals surface area contributed by atoms with Gasteiger partial charge in [0.05, 0.1) is 0 Å². The quantitative estimate of drug-likeness (QED) is 0.805. The summed E-state index contributed by atoms with van der Waals surface area (Å²) in [6, 6.07) is 12.7. The lowest BCUT2D eigenvalue weighted by Crippen LogP contribution is -2.44. The number of likely N-dealkylation sites (N-methyl/N-ethyl adjacent to an activating group) is 1. The number of nitrogens with one attached hydrogen (secondary N) is 1. The summed E-state index contributed by atoms with van der Waals surface area (Å²) in [4.78, 5) is 16.9. The maximum atomic E-state index is 12.1. The molecule has 0 bridgehead atoms. The third-order valence-electron chi connectivity index (χ3n) is 4.99.